The lowest BCUT2D eigenvalue weighted by Gasteiger charge is -2.07. The maximum Gasteiger partial charge on any atom is 0.316 e. The number of thiophene rings is 1. The fraction of sp³-hybridized carbons (Fsp3) is 0.278. The third-order valence-electron chi connectivity index (χ3n) is 3.94. The number of methoxy groups -OCH3 is 1. The highest BCUT2D eigenvalue weighted by Crippen LogP contribution is 2.38. The Bertz CT molecular complexity index is 898. The summed E-state index contributed by atoms with van der Waals surface area (Å²) in [5.74, 6) is 0.740. The number of carbonyl (C=O) groups is 1. The summed E-state index contributed by atoms with van der Waals surface area (Å²) < 4.78 is 6.60. The molecule has 0 saturated carbocycles. The van der Waals surface area contributed by atoms with Gasteiger partial charge in [-0.1, -0.05) is 41.6 Å². The minimum Gasteiger partial charge on any atom is -0.468 e. The van der Waals surface area contributed by atoms with E-state index in [4.69, 9.17) is 0 Å². The van der Waals surface area contributed by atoms with Crippen molar-refractivity contribution >= 4 is 29.1 Å². The molecule has 1 aromatic carbocycles. The fourth-order valence-electron chi connectivity index (χ4n) is 2.56. The number of ether oxygens (including phenoxy) is 1. The second-order valence-corrected chi connectivity index (χ2v) is 7.70. The van der Waals surface area contributed by atoms with Gasteiger partial charge in [0.25, 0.3) is 0 Å². The van der Waals surface area contributed by atoms with Crippen LogP contribution in [0.25, 0.3) is 22.5 Å². The van der Waals surface area contributed by atoms with Crippen LogP contribution in [0.4, 0.5) is 0 Å². The van der Waals surface area contributed by atoms with Crippen LogP contribution in [0.2, 0.25) is 0 Å². The summed E-state index contributed by atoms with van der Waals surface area (Å²) >= 11 is 3.03. The van der Waals surface area contributed by atoms with E-state index in [-0.39, 0.29) is 11.7 Å². The SMILES string of the molecule is COC(=O)CSc1nnc(-c2csc(C)c2-c2ccc(C)cc2)n1C. The van der Waals surface area contributed by atoms with Crippen LogP contribution in [0.3, 0.4) is 0 Å². The van der Waals surface area contributed by atoms with Crippen molar-refractivity contribution in [3.63, 3.8) is 0 Å². The zero-order valence-corrected chi connectivity index (χ0v) is 16.2. The normalized spacial score (nSPS) is 10.9. The Labute approximate surface area is 155 Å². The summed E-state index contributed by atoms with van der Waals surface area (Å²) in [6.45, 7) is 4.20. The minimum absolute atomic E-state index is 0.218. The Hall–Kier alpha value is -2.12. The number of hydrogen-bond donors (Lipinski definition) is 0. The van der Waals surface area contributed by atoms with Gasteiger partial charge >= 0.3 is 5.97 Å². The zero-order chi connectivity index (χ0) is 18.0. The predicted molar refractivity (Wildman–Crippen MR) is 102 cm³/mol. The first-order valence-corrected chi connectivity index (χ1v) is 9.62. The second-order valence-electron chi connectivity index (χ2n) is 5.68. The van der Waals surface area contributed by atoms with E-state index in [0.717, 1.165) is 11.4 Å². The second kappa shape index (κ2) is 7.41. The lowest BCUT2D eigenvalue weighted by Crippen LogP contribution is -2.04. The molecule has 5 nitrogen and oxygen atoms in total. The molecule has 2 aromatic heterocycles. The first-order valence-electron chi connectivity index (χ1n) is 7.75. The lowest BCUT2D eigenvalue weighted by atomic mass is 10.0. The van der Waals surface area contributed by atoms with E-state index in [1.807, 2.05) is 11.6 Å². The summed E-state index contributed by atoms with van der Waals surface area (Å²) in [6.07, 6.45) is 0. The van der Waals surface area contributed by atoms with Crippen LogP contribution in [0.5, 0.6) is 0 Å². The van der Waals surface area contributed by atoms with Gasteiger partial charge in [0.15, 0.2) is 11.0 Å². The first-order chi connectivity index (χ1) is 12.0. The van der Waals surface area contributed by atoms with E-state index in [9.17, 15) is 4.79 Å². The van der Waals surface area contributed by atoms with Crippen molar-refractivity contribution in [3.8, 4) is 22.5 Å². The van der Waals surface area contributed by atoms with Crippen molar-refractivity contribution < 1.29 is 9.53 Å². The number of nitrogens with zero attached hydrogens (tertiary/aromatic N) is 3. The first kappa shape index (κ1) is 17.7. The lowest BCUT2D eigenvalue weighted by molar-refractivity contribution is -0.137. The van der Waals surface area contributed by atoms with E-state index in [1.165, 1.54) is 40.4 Å². The summed E-state index contributed by atoms with van der Waals surface area (Å²) in [5.41, 5.74) is 4.65. The van der Waals surface area contributed by atoms with Crippen LogP contribution in [-0.2, 0) is 16.6 Å². The third-order valence-corrected chi connectivity index (χ3v) is 5.84. The molecule has 0 N–H and O–H groups in total. The summed E-state index contributed by atoms with van der Waals surface area (Å²) in [4.78, 5) is 12.6. The number of esters is 1. The van der Waals surface area contributed by atoms with E-state index < -0.39 is 0 Å². The van der Waals surface area contributed by atoms with Crippen molar-refractivity contribution in [1.82, 2.24) is 14.8 Å². The van der Waals surface area contributed by atoms with E-state index >= 15 is 0 Å². The summed E-state index contributed by atoms with van der Waals surface area (Å²) in [5, 5.41) is 11.4. The van der Waals surface area contributed by atoms with Crippen molar-refractivity contribution in [2.75, 3.05) is 12.9 Å². The van der Waals surface area contributed by atoms with Crippen LogP contribution < -0.4 is 0 Å². The highest BCUT2D eigenvalue weighted by Gasteiger charge is 2.19. The smallest absolute Gasteiger partial charge is 0.316 e. The van der Waals surface area contributed by atoms with Crippen molar-refractivity contribution in [3.05, 3.63) is 40.1 Å². The molecule has 0 atom stereocenters. The van der Waals surface area contributed by atoms with Crippen LogP contribution in [0.1, 0.15) is 10.4 Å². The zero-order valence-electron chi connectivity index (χ0n) is 14.6. The Morgan fingerprint density at radius 3 is 2.64 bits per heavy atom. The molecule has 3 rings (SSSR count). The number of aromatic nitrogens is 3. The van der Waals surface area contributed by atoms with Gasteiger partial charge in [-0.15, -0.1) is 21.5 Å². The molecule has 0 amide bonds. The number of thioether (sulfide) groups is 1. The highest BCUT2D eigenvalue weighted by molar-refractivity contribution is 7.99. The Kier molecular flexibility index (Phi) is 5.24. The summed E-state index contributed by atoms with van der Waals surface area (Å²) in [6, 6.07) is 8.50. The molecule has 0 radical (unpaired) electrons. The molecule has 0 aliphatic heterocycles. The topological polar surface area (TPSA) is 57.0 Å². The Morgan fingerprint density at radius 1 is 1.24 bits per heavy atom. The van der Waals surface area contributed by atoms with Crippen molar-refractivity contribution in [2.24, 2.45) is 7.05 Å². The molecule has 0 fully saturated rings. The van der Waals surface area contributed by atoms with Crippen LogP contribution in [-0.4, -0.2) is 33.6 Å². The van der Waals surface area contributed by atoms with E-state index in [2.05, 4.69) is 58.4 Å². The predicted octanol–water partition coefficient (Wildman–Crippen LogP) is 4.09. The van der Waals surface area contributed by atoms with Gasteiger partial charge in [0, 0.05) is 28.4 Å². The van der Waals surface area contributed by atoms with Gasteiger partial charge in [0.2, 0.25) is 0 Å². The molecule has 130 valence electrons. The fourth-order valence-corrected chi connectivity index (χ4v) is 4.16. The molecule has 3 aromatic rings. The average Bonchev–Trinajstić information content (AvgIpc) is 3.16. The molecule has 0 aliphatic rings. The molecule has 0 spiro atoms. The van der Waals surface area contributed by atoms with Gasteiger partial charge < -0.3 is 9.30 Å². The quantitative estimate of drug-likeness (QED) is 0.498. The number of aryl methyl sites for hydroxylation is 2. The van der Waals surface area contributed by atoms with Crippen molar-refractivity contribution in [1.29, 1.82) is 0 Å². The largest absolute Gasteiger partial charge is 0.468 e. The van der Waals surface area contributed by atoms with Crippen LogP contribution in [0, 0.1) is 13.8 Å². The molecule has 0 saturated heterocycles. The number of hydrogen-bond acceptors (Lipinski definition) is 6. The molecule has 0 unspecified atom stereocenters. The molecular weight excluding hydrogens is 354 g/mol. The number of rotatable bonds is 5. The third kappa shape index (κ3) is 3.62. The molecule has 2 heterocycles. The maximum atomic E-state index is 11.3. The highest BCUT2D eigenvalue weighted by atomic mass is 32.2. The van der Waals surface area contributed by atoms with E-state index in [1.54, 1.807) is 11.3 Å². The van der Waals surface area contributed by atoms with Crippen LogP contribution >= 0.6 is 23.1 Å². The standard InChI is InChI=1S/C18H19N3O2S2/c1-11-5-7-13(8-6-11)16-12(2)24-9-14(16)17-19-20-18(21(17)3)25-10-15(22)23-4/h5-9H,10H2,1-4H3. The van der Waals surface area contributed by atoms with Gasteiger partial charge in [-0.05, 0) is 19.4 Å². The number of carbonyl (C=O) groups excluding carboxylic acids is 1. The van der Waals surface area contributed by atoms with Crippen molar-refractivity contribution in [2.45, 2.75) is 19.0 Å². The average molecular weight is 374 g/mol. The number of benzene rings is 1. The van der Waals surface area contributed by atoms with Gasteiger partial charge in [-0.3, -0.25) is 4.79 Å². The monoisotopic (exact) mass is 373 g/mol. The molecule has 7 heteroatoms. The maximum absolute atomic E-state index is 11.3. The molecule has 0 aliphatic carbocycles. The van der Waals surface area contributed by atoms with Gasteiger partial charge in [-0.2, -0.15) is 0 Å². The van der Waals surface area contributed by atoms with E-state index in [0.29, 0.717) is 5.16 Å². The molecular formula is C18H19N3O2S2. The Balaban J connectivity index is 1.97. The van der Waals surface area contributed by atoms with Gasteiger partial charge in [-0.25, -0.2) is 0 Å². The molecule has 0 bridgehead atoms. The van der Waals surface area contributed by atoms with Gasteiger partial charge in [0.05, 0.1) is 12.9 Å². The minimum atomic E-state index is -0.277. The summed E-state index contributed by atoms with van der Waals surface area (Å²) in [7, 11) is 3.30. The molecule has 25 heavy (non-hydrogen) atoms. The van der Waals surface area contributed by atoms with Crippen LogP contribution in [0.15, 0.2) is 34.8 Å². The Morgan fingerprint density at radius 2 is 1.96 bits per heavy atom. The van der Waals surface area contributed by atoms with Gasteiger partial charge in [0.1, 0.15) is 0 Å².